The van der Waals surface area contributed by atoms with Gasteiger partial charge in [-0.05, 0) is 55.2 Å². The standard InChI is InChI=1S/C22H29FN4O.HI/c1-5-6-21(28)27-19-11-8-17(9-12-19)14-25-22(24-4)26-16(3)18-10-7-15(2)20(23)13-18;/h7-13,16H,5-6,14H2,1-4H3,(H,27,28)(H2,24,25,26);1H. The van der Waals surface area contributed by atoms with Crippen LogP contribution in [-0.4, -0.2) is 18.9 Å². The first kappa shape index (κ1) is 24.9. The zero-order valence-electron chi connectivity index (χ0n) is 17.4. The second-order valence-corrected chi connectivity index (χ2v) is 6.80. The molecular formula is C22H30FIN4O. The van der Waals surface area contributed by atoms with Crippen LogP contribution in [0.4, 0.5) is 10.1 Å². The molecule has 2 aromatic rings. The molecule has 2 rings (SSSR count). The third-order valence-corrected chi connectivity index (χ3v) is 4.45. The SMILES string of the molecule is CCCC(=O)Nc1ccc(CNC(=NC)NC(C)c2ccc(C)c(F)c2)cc1.I. The lowest BCUT2D eigenvalue weighted by molar-refractivity contribution is -0.116. The van der Waals surface area contributed by atoms with Crippen LogP contribution in [0.5, 0.6) is 0 Å². The summed E-state index contributed by atoms with van der Waals surface area (Å²) in [5, 5.41) is 9.39. The molecule has 0 saturated heterocycles. The molecular weight excluding hydrogens is 482 g/mol. The number of hydrogen-bond donors (Lipinski definition) is 3. The van der Waals surface area contributed by atoms with Crippen molar-refractivity contribution < 1.29 is 9.18 Å². The Morgan fingerprint density at radius 1 is 1.17 bits per heavy atom. The number of nitrogens with zero attached hydrogens (tertiary/aromatic N) is 1. The van der Waals surface area contributed by atoms with E-state index in [1.807, 2.05) is 44.2 Å². The fraction of sp³-hybridized carbons (Fsp3) is 0.364. The number of nitrogens with one attached hydrogen (secondary N) is 3. The second kappa shape index (κ2) is 12.4. The molecule has 3 N–H and O–H groups in total. The topological polar surface area (TPSA) is 65.5 Å². The van der Waals surface area contributed by atoms with E-state index >= 15 is 0 Å². The number of amides is 1. The number of carbonyl (C=O) groups excluding carboxylic acids is 1. The number of anilines is 1. The van der Waals surface area contributed by atoms with Crippen LogP contribution in [0.3, 0.4) is 0 Å². The monoisotopic (exact) mass is 512 g/mol. The number of hydrogen-bond acceptors (Lipinski definition) is 2. The highest BCUT2D eigenvalue weighted by atomic mass is 127. The second-order valence-electron chi connectivity index (χ2n) is 6.80. The van der Waals surface area contributed by atoms with Gasteiger partial charge < -0.3 is 16.0 Å². The van der Waals surface area contributed by atoms with Crippen molar-refractivity contribution in [3.63, 3.8) is 0 Å². The molecule has 1 unspecified atom stereocenters. The number of halogens is 2. The molecule has 0 bridgehead atoms. The molecule has 0 radical (unpaired) electrons. The normalized spacial score (nSPS) is 12.0. The van der Waals surface area contributed by atoms with Gasteiger partial charge in [0, 0.05) is 25.7 Å². The Balaban J connectivity index is 0.00000420. The van der Waals surface area contributed by atoms with Gasteiger partial charge in [0.15, 0.2) is 5.96 Å². The van der Waals surface area contributed by atoms with E-state index in [0.717, 1.165) is 23.2 Å². The average molecular weight is 512 g/mol. The fourth-order valence-corrected chi connectivity index (χ4v) is 2.70. The maximum Gasteiger partial charge on any atom is 0.224 e. The summed E-state index contributed by atoms with van der Waals surface area (Å²) in [5.74, 6) is 0.452. The summed E-state index contributed by atoms with van der Waals surface area (Å²) in [6.07, 6.45) is 1.35. The van der Waals surface area contributed by atoms with Crippen molar-refractivity contribution in [3.8, 4) is 0 Å². The van der Waals surface area contributed by atoms with Gasteiger partial charge in [-0.2, -0.15) is 0 Å². The summed E-state index contributed by atoms with van der Waals surface area (Å²) >= 11 is 0. The minimum atomic E-state index is -0.208. The summed E-state index contributed by atoms with van der Waals surface area (Å²) in [6, 6.07) is 12.8. The number of aliphatic imine (C=N–C) groups is 1. The molecule has 0 aliphatic carbocycles. The molecule has 7 heteroatoms. The van der Waals surface area contributed by atoms with Crippen LogP contribution in [0.1, 0.15) is 49.4 Å². The number of rotatable bonds is 7. The molecule has 1 amide bonds. The predicted octanol–water partition coefficient (Wildman–Crippen LogP) is 4.92. The first-order chi connectivity index (χ1) is 13.4. The van der Waals surface area contributed by atoms with Crippen LogP contribution in [0.25, 0.3) is 0 Å². The van der Waals surface area contributed by atoms with Crippen molar-refractivity contribution in [1.82, 2.24) is 10.6 Å². The molecule has 0 aliphatic rings. The third-order valence-electron chi connectivity index (χ3n) is 4.45. The highest BCUT2D eigenvalue weighted by Gasteiger charge is 2.10. The molecule has 29 heavy (non-hydrogen) atoms. The maximum atomic E-state index is 13.8. The van der Waals surface area contributed by atoms with Crippen LogP contribution in [0.2, 0.25) is 0 Å². The van der Waals surface area contributed by atoms with E-state index in [4.69, 9.17) is 0 Å². The largest absolute Gasteiger partial charge is 0.352 e. The van der Waals surface area contributed by atoms with Gasteiger partial charge in [0.2, 0.25) is 5.91 Å². The van der Waals surface area contributed by atoms with E-state index in [9.17, 15) is 9.18 Å². The van der Waals surface area contributed by atoms with E-state index in [1.54, 1.807) is 26.1 Å². The Hall–Kier alpha value is -2.16. The van der Waals surface area contributed by atoms with E-state index in [-0.39, 0.29) is 41.7 Å². The maximum absolute atomic E-state index is 13.8. The fourth-order valence-electron chi connectivity index (χ4n) is 2.70. The van der Waals surface area contributed by atoms with E-state index in [1.165, 1.54) is 0 Å². The molecule has 0 fully saturated rings. The van der Waals surface area contributed by atoms with Crippen molar-refractivity contribution in [2.24, 2.45) is 4.99 Å². The Bertz CT molecular complexity index is 824. The average Bonchev–Trinajstić information content (AvgIpc) is 2.68. The lowest BCUT2D eigenvalue weighted by atomic mass is 10.1. The number of carbonyl (C=O) groups is 1. The molecule has 158 valence electrons. The van der Waals surface area contributed by atoms with Gasteiger partial charge in [0.05, 0.1) is 6.04 Å². The summed E-state index contributed by atoms with van der Waals surface area (Å²) in [6.45, 7) is 6.27. The van der Waals surface area contributed by atoms with Crippen molar-refractivity contribution in [1.29, 1.82) is 0 Å². The third kappa shape index (κ3) is 8.00. The molecule has 0 aliphatic heterocycles. The molecule has 2 aromatic carbocycles. The van der Waals surface area contributed by atoms with Gasteiger partial charge >= 0.3 is 0 Å². The van der Waals surface area contributed by atoms with Crippen LogP contribution in [0.15, 0.2) is 47.5 Å². The lowest BCUT2D eigenvalue weighted by Gasteiger charge is -2.19. The lowest BCUT2D eigenvalue weighted by Crippen LogP contribution is -2.38. The summed E-state index contributed by atoms with van der Waals surface area (Å²) in [4.78, 5) is 15.9. The smallest absolute Gasteiger partial charge is 0.224 e. The van der Waals surface area contributed by atoms with Gasteiger partial charge in [-0.3, -0.25) is 9.79 Å². The van der Waals surface area contributed by atoms with Crippen LogP contribution in [0, 0.1) is 12.7 Å². The highest BCUT2D eigenvalue weighted by Crippen LogP contribution is 2.16. The van der Waals surface area contributed by atoms with Gasteiger partial charge in [-0.15, -0.1) is 24.0 Å². The zero-order chi connectivity index (χ0) is 20.5. The number of benzene rings is 2. The molecule has 0 spiro atoms. The summed E-state index contributed by atoms with van der Waals surface area (Å²) < 4.78 is 13.8. The van der Waals surface area contributed by atoms with Gasteiger partial charge in [-0.1, -0.05) is 31.2 Å². The van der Waals surface area contributed by atoms with E-state index in [0.29, 0.717) is 24.5 Å². The predicted molar refractivity (Wildman–Crippen MR) is 128 cm³/mol. The van der Waals surface area contributed by atoms with Crippen molar-refractivity contribution >= 4 is 41.5 Å². The van der Waals surface area contributed by atoms with Crippen molar-refractivity contribution in [2.45, 2.75) is 46.2 Å². The first-order valence-electron chi connectivity index (χ1n) is 9.55. The quantitative estimate of drug-likeness (QED) is 0.281. The van der Waals surface area contributed by atoms with Crippen LogP contribution >= 0.6 is 24.0 Å². The number of guanidine groups is 1. The Morgan fingerprint density at radius 2 is 1.86 bits per heavy atom. The molecule has 0 aromatic heterocycles. The van der Waals surface area contributed by atoms with Crippen LogP contribution in [-0.2, 0) is 11.3 Å². The van der Waals surface area contributed by atoms with Crippen LogP contribution < -0.4 is 16.0 Å². The van der Waals surface area contributed by atoms with Gasteiger partial charge in [0.25, 0.3) is 0 Å². The summed E-state index contributed by atoms with van der Waals surface area (Å²) in [7, 11) is 1.70. The number of aryl methyl sites for hydroxylation is 1. The van der Waals surface area contributed by atoms with Crippen molar-refractivity contribution in [3.05, 3.63) is 65.0 Å². The first-order valence-corrected chi connectivity index (χ1v) is 9.55. The molecule has 0 heterocycles. The summed E-state index contributed by atoms with van der Waals surface area (Å²) in [5.41, 5.74) is 3.34. The van der Waals surface area contributed by atoms with Crippen molar-refractivity contribution in [2.75, 3.05) is 12.4 Å². The Kier molecular flexibility index (Phi) is 10.6. The molecule has 5 nitrogen and oxygen atoms in total. The molecule has 1 atom stereocenters. The van der Waals surface area contributed by atoms with Gasteiger partial charge in [0.1, 0.15) is 5.82 Å². The minimum absolute atomic E-state index is 0. The van der Waals surface area contributed by atoms with E-state index in [2.05, 4.69) is 20.9 Å². The van der Waals surface area contributed by atoms with E-state index < -0.39 is 0 Å². The Labute approximate surface area is 189 Å². The minimum Gasteiger partial charge on any atom is -0.352 e. The molecule has 0 saturated carbocycles. The Morgan fingerprint density at radius 3 is 2.45 bits per heavy atom. The highest BCUT2D eigenvalue weighted by molar-refractivity contribution is 14.0. The van der Waals surface area contributed by atoms with Gasteiger partial charge in [-0.25, -0.2) is 4.39 Å². The zero-order valence-corrected chi connectivity index (χ0v) is 19.7.